The average Bonchev–Trinajstić information content (AvgIpc) is 3.06. The third-order valence-corrected chi connectivity index (χ3v) is 6.53. The minimum atomic E-state index is -3.75. The molecule has 1 aromatic heterocycles. The van der Waals surface area contributed by atoms with E-state index in [1.165, 1.54) is 6.07 Å². The Labute approximate surface area is 133 Å². The van der Waals surface area contributed by atoms with Crippen LogP contribution in [0.15, 0.2) is 46.7 Å². The summed E-state index contributed by atoms with van der Waals surface area (Å²) < 4.78 is 26.2. The highest BCUT2D eigenvalue weighted by atomic mass is 32.2. The summed E-state index contributed by atoms with van der Waals surface area (Å²) in [5, 5.41) is 1.95. The highest BCUT2D eigenvalue weighted by molar-refractivity contribution is 7.90. The fraction of sp³-hybridized carbons (Fsp3) is 0.267. The number of carbonyl (C=O) groups excluding carboxylic acids is 1. The molecule has 1 atom stereocenters. The molecule has 0 saturated heterocycles. The van der Waals surface area contributed by atoms with Gasteiger partial charge >= 0.3 is 0 Å². The lowest BCUT2D eigenvalue weighted by Crippen LogP contribution is -2.38. The summed E-state index contributed by atoms with van der Waals surface area (Å²) in [6.07, 6.45) is 0. The summed E-state index contributed by atoms with van der Waals surface area (Å²) >= 11 is 1.55. The number of likely N-dealkylation sites (N-methyl/N-ethyl adjacent to an activating group) is 1. The van der Waals surface area contributed by atoms with Gasteiger partial charge in [0.25, 0.3) is 15.9 Å². The summed E-state index contributed by atoms with van der Waals surface area (Å²) in [7, 11) is 0.00584. The van der Waals surface area contributed by atoms with Crippen LogP contribution in [-0.4, -0.2) is 44.2 Å². The summed E-state index contributed by atoms with van der Waals surface area (Å²) in [5.74, 6) is -0.445. The molecular formula is C15H16N2O3S2. The molecule has 0 unspecified atom stereocenters. The number of carbonyl (C=O) groups is 1. The van der Waals surface area contributed by atoms with Gasteiger partial charge in [0.05, 0.1) is 18.2 Å². The minimum absolute atomic E-state index is 0.101. The zero-order chi connectivity index (χ0) is 15.9. The molecule has 0 fully saturated rings. The van der Waals surface area contributed by atoms with Gasteiger partial charge in [-0.2, -0.15) is 0 Å². The minimum Gasteiger partial charge on any atom is -0.300 e. The van der Waals surface area contributed by atoms with Gasteiger partial charge in [0.1, 0.15) is 4.90 Å². The molecule has 1 aliphatic rings. The Morgan fingerprint density at radius 1 is 1.18 bits per heavy atom. The molecule has 22 heavy (non-hydrogen) atoms. The van der Waals surface area contributed by atoms with E-state index in [1.54, 1.807) is 29.5 Å². The first-order valence-electron chi connectivity index (χ1n) is 6.79. The van der Waals surface area contributed by atoms with Crippen molar-refractivity contribution in [2.24, 2.45) is 0 Å². The van der Waals surface area contributed by atoms with E-state index >= 15 is 0 Å². The first-order chi connectivity index (χ1) is 10.4. The second-order valence-corrected chi connectivity index (χ2v) is 8.14. The van der Waals surface area contributed by atoms with Crippen molar-refractivity contribution in [1.82, 2.24) is 9.21 Å². The second-order valence-electron chi connectivity index (χ2n) is 5.33. The first kappa shape index (κ1) is 15.2. The van der Waals surface area contributed by atoms with E-state index in [4.69, 9.17) is 0 Å². The Morgan fingerprint density at radius 3 is 2.50 bits per heavy atom. The van der Waals surface area contributed by atoms with Crippen LogP contribution in [0.25, 0.3) is 0 Å². The quantitative estimate of drug-likeness (QED) is 0.859. The molecule has 0 saturated carbocycles. The van der Waals surface area contributed by atoms with Gasteiger partial charge in [-0.05, 0) is 37.7 Å². The number of sulfonamides is 1. The van der Waals surface area contributed by atoms with Crippen LogP contribution in [0.2, 0.25) is 0 Å². The topological polar surface area (TPSA) is 57.7 Å². The van der Waals surface area contributed by atoms with Crippen LogP contribution in [0.1, 0.15) is 21.3 Å². The van der Waals surface area contributed by atoms with Crippen LogP contribution < -0.4 is 0 Å². The molecule has 0 bridgehead atoms. The summed E-state index contributed by atoms with van der Waals surface area (Å²) in [4.78, 5) is 15.5. The van der Waals surface area contributed by atoms with Crippen molar-refractivity contribution in [2.45, 2.75) is 10.9 Å². The number of fused-ring (bicyclic) bond motifs is 1. The zero-order valence-corrected chi connectivity index (χ0v) is 13.9. The monoisotopic (exact) mass is 336 g/mol. The van der Waals surface area contributed by atoms with Gasteiger partial charge in [-0.25, -0.2) is 12.7 Å². The van der Waals surface area contributed by atoms with Crippen LogP contribution in [0, 0.1) is 0 Å². The van der Waals surface area contributed by atoms with E-state index in [2.05, 4.69) is 0 Å². The lowest BCUT2D eigenvalue weighted by Gasteiger charge is -2.27. The van der Waals surface area contributed by atoms with Crippen LogP contribution >= 0.6 is 11.3 Å². The number of thiophene rings is 1. The molecule has 0 radical (unpaired) electrons. The summed E-state index contributed by atoms with van der Waals surface area (Å²) in [5.41, 5.74) is 0.256. The van der Waals surface area contributed by atoms with Gasteiger partial charge in [-0.3, -0.25) is 4.79 Å². The van der Waals surface area contributed by atoms with E-state index in [0.29, 0.717) is 0 Å². The Hall–Kier alpha value is -1.70. The molecule has 2 aromatic rings. The van der Waals surface area contributed by atoms with Gasteiger partial charge in [-0.15, -0.1) is 11.3 Å². The van der Waals surface area contributed by atoms with Crippen molar-refractivity contribution in [3.63, 3.8) is 0 Å². The second kappa shape index (κ2) is 5.49. The smallest absolute Gasteiger partial charge is 0.269 e. The molecule has 116 valence electrons. The largest absolute Gasteiger partial charge is 0.300 e. The molecular weight excluding hydrogens is 320 g/mol. The van der Waals surface area contributed by atoms with Crippen LogP contribution in [0.4, 0.5) is 0 Å². The van der Waals surface area contributed by atoms with E-state index in [9.17, 15) is 13.2 Å². The number of hydrogen-bond acceptors (Lipinski definition) is 5. The van der Waals surface area contributed by atoms with Crippen LogP contribution in [0.5, 0.6) is 0 Å². The Balaban J connectivity index is 1.98. The van der Waals surface area contributed by atoms with Crippen molar-refractivity contribution in [2.75, 3.05) is 20.6 Å². The zero-order valence-electron chi connectivity index (χ0n) is 12.3. The van der Waals surface area contributed by atoms with Crippen LogP contribution in [0.3, 0.4) is 0 Å². The maximum absolute atomic E-state index is 12.6. The highest BCUT2D eigenvalue weighted by Gasteiger charge is 2.42. The normalized spacial score (nSPS) is 17.8. The number of nitrogens with zero attached hydrogens (tertiary/aromatic N) is 2. The van der Waals surface area contributed by atoms with Gasteiger partial charge in [0, 0.05) is 4.88 Å². The number of rotatable bonds is 4. The van der Waals surface area contributed by atoms with Gasteiger partial charge < -0.3 is 4.90 Å². The SMILES string of the molecule is CN(C)[C@H](CN1C(=O)c2ccccc2S1(=O)=O)c1cccs1. The predicted molar refractivity (Wildman–Crippen MR) is 85.4 cm³/mol. The standard InChI is InChI=1S/C15H16N2O3S2/c1-16(2)12(13-7-5-9-21-13)10-17-15(18)11-6-3-4-8-14(11)22(17,19)20/h3-9,12H,10H2,1-2H3/t12-/m1/s1. The molecule has 2 heterocycles. The first-order valence-corrected chi connectivity index (χ1v) is 9.11. The van der Waals surface area contributed by atoms with E-state index in [0.717, 1.165) is 9.18 Å². The lowest BCUT2D eigenvalue weighted by atomic mass is 10.2. The van der Waals surface area contributed by atoms with Gasteiger partial charge in [-0.1, -0.05) is 18.2 Å². The van der Waals surface area contributed by atoms with Crippen LogP contribution in [-0.2, 0) is 10.0 Å². The third kappa shape index (κ3) is 2.35. The van der Waals surface area contributed by atoms with Crippen molar-refractivity contribution in [3.05, 3.63) is 52.2 Å². The highest BCUT2D eigenvalue weighted by Crippen LogP contribution is 2.33. The molecule has 0 spiro atoms. The number of hydrogen-bond donors (Lipinski definition) is 0. The van der Waals surface area contributed by atoms with Gasteiger partial charge in [0.15, 0.2) is 0 Å². The fourth-order valence-corrected chi connectivity index (χ4v) is 5.05. The molecule has 0 aliphatic carbocycles. The molecule has 3 rings (SSSR count). The van der Waals surface area contributed by atoms with Crippen molar-refractivity contribution in [1.29, 1.82) is 0 Å². The molecule has 7 heteroatoms. The summed E-state index contributed by atoms with van der Waals surface area (Å²) in [6.45, 7) is 0.114. The van der Waals surface area contributed by atoms with E-state index in [-0.39, 0.29) is 23.0 Å². The predicted octanol–water partition coefficient (Wildman–Crippen LogP) is 2.20. The van der Waals surface area contributed by atoms with Crippen molar-refractivity contribution < 1.29 is 13.2 Å². The average molecular weight is 336 g/mol. The summed E-state index contributed by atoms with van der Waals surface area (Å²) in [6, 6.07) is 10.1. The molecule has 0 N–H and O–H groups in total. The van der Waals surface area contributed by atoms with Crippen molar-refractivity contribution in [3.8, 4) is 0 Å². The fourth-order valence-electron chi connectivity index (χ4n) is 2.56. The maximum atomic E-state index is 12.6. The van der Waals surface area contributed by atoms with Crippen molar-refractivity contribution >= 4 is 27.3 Å². The Morgan fingerprint density at radius 2 is 1.91 bits per heavy atom. The molecule has 5 nitrogen and oxygen atoms in total. The number of amides is 1. The van der Waals surface area contributed by atoms with E-state index < -0.39 is 15.9 Å². The molecule has 1 aromatic carbocycles. The van der Waals surface area contributed by atoms with E-state index in [1.807, 2.05) is 36.5 Å². The lowest BCUT2D eigenvalue weighted by molar-refractivity contribution is 0.0846. The van der Waals surface area contributed by atoms with Gasteiger partial charge in [0.2, 0.25) is 0 Å². The Kier molecular flexibility index (Phi) is 3.80. The maximum Gasteiger partial charge on any atom is 0.269 e. The third-order valence-electron chi connectivity index (χ3n) is 3.75. The number of benzene rings is 1. The molecule has 1 amide bonds. The molecule has 1 aliphatic heterocycles. The Bertz CT molecular complexity index is 798.